The van der Waals surface area contributed by atoms with Gasteiger partial charge in [-0.1, -0.05) is 12.1 Å². The van der Waals surface area contributed by atoms with Crippen LogP contribution < -0.4 is 10.5 Å². The van der Waals surface area contributed by atoms with Gasteiger partial charge >= 0.3 is 0 Å². The van der Waals surface area contributed by atoms with Crippen molar-refractivity contribution < 1.29 is 4.74 Å². The first kappa shape index (κ1) is 13.3. The van der Waals surface area contributed by atoms with Gasteiger partial charge in [0.15, 0.2) is 0 Å². The molecule has 0 amide bonds. The Hall–Kier alpha value is -0.730. The Labute approximate surface area is 91.9 Å². The highest BCUT2D eigenvalue weighted by molar-refractivity contribution is 5.85. The Bertz CT molecular complexity index is 246. The summed E-state index contributed by atoms with van der Waals surface area (Å²) >= 11 is 0. The molecule has 80 valence electrons. The molecule has 0 heterocycles. The topological polar surface area (TPSA) is 35.2 Å². The normalized spacial score (nSPS) is 11.6. The minimum absolute atomic E-state index is 0. The van der Waals surface area contributed by atoms with Crippen LogP contribution in [0.1, 0.15) is 19.4 Å². The largest absolute Gasteiger partial charge is 0.494 e. The van der Waals surface area contributed by atoms with Crippen molar-refractivity contribution in [3.63, 3.8) is 0 Å². The average molecular weight is 216 g/mol. The third-order valence-electron chi connectivity index (χ3n) is 1.79. The third kappa shape index (κ3) is 4.49. The van der Waals surface area contributed by atoms with Crippen molar-refractivity contribution >= 4 is 12.4 Å². The Kier molecular flexibility index (Phi) is 6.34. The maximum Gasteiger partial charge on any atom is 0.119 e. The Balaban J connectivity index is 0.00000169. The van der Waals surface area contributed by atoms with E-state index >= 15 is 0 Å². The van der Waals surface area contributed by atoms with Crippen molar-refractivity contribution in [3.8, 4) is 5.75 Å². The van der Waals surface area contributed by atoms with Gasteiger partial charge in [-0.3, -0.25) is 0 Å². The molecule has 1 aromatic rings. The quantitative estimate of drug-likeness (QED) is 0.837. The number of nitrogens with two attached hydrogens (primary N) is 1. The van der Waals surface area contributed by atoms with Gasteiger partial charge in [0, 0.05) is 6.04 Å². The fourth-order valence-electron chi connectivity index (χ4n) is 1.26. The summed E-state index contributed by atoms with van der Waals surface area (Å²) in [6.45, 7) is 4.71. The Morgan fingerprint density at radius 3 is 2.29 bits per heavy atom. The molecule has 0 fully saturated rings. The second-order valence-electron chi connectivity index (χ2n) is 3.26. The lowest BCUT2D eigenvalue weighted by atomic mass is 10.1. The fourth-order valence-corrected chi connectivity index (χ4v) is 1.26. The Morgan fingerprint density at radius 2 is 1.86 bits per heavy atom. The van der Waals surface area contributed by atoms with E-state index in [1.54, 1.807) is 0 Å². The molecule has 3 heteroatoms. The van der Waals surface area contributed by atoms with Crippen molar-refractivity contribution in [3.05, 3.63) is 29.8 Å². The van der Waals surface area contributed by atoms with Gasteiger partial charge in [0.2, 0.25) is 0 Å². The average Bonchev–Trinajstić information content (AvgIpc) is 2.08. The maximum absolute atomic E-state index is 5.69. The van der Waals surface area contributed by atoms with E-state index in [0.717, 1.165) is 12.2 Å². The first-order valence-corrected chi connectivity index (χ1v) is 4.69. The number of halogens is 1. The van der Waals surface area contributed by atoms with Gasteiger partial charge in [0.1, 0.15) is 5.75 Å². The number of benzene rings is 1. The predicted molar refractivity (Wildman–Crippen MR) is 62.2 cm³/mol. The first-order chi connectivity index (χ1) is 6.22. The smallest absolute Gasteiger partial charge is 0.119 e. The van der Waals surface area contributed by atoms with Crippen LogP contribution in [0.4, 0.5) is 0 Å². The molecule has 0 aliphatic rings. The molecule has 1 rings (SSSR count). The molecule has 1 atom stereocenters. The van der Waals surface area contributed by atoms with Gasteiger partial charge in [-0.25, -0.2) is 0 Å². The molecule has 0 spiro atoms. The van der Waals surface area contributed by atoms with Crippen molar-refractivity contribution in [1.82, 2.24) is 0 Å². The van der Waals surface area contributed by atoms with Gasteiger partial charge < -0.3 is 10.5 Å². The van der Waals surface area contributed by atoms with Gasteiger partial charge in [-0.05, 0) is 38.0 Å². The minimum Gasteiger partial charge on any atom is -0.494 e. The molecule has 0 aliphatic heterocycles. The molecule has 0 saturated carbocycles. The SMILES string of the molecule is CCOc1ccc(CC(C)N)cc1.Cl. The lowest BCUT2D eigenvalue weighted by Gasteiger charge is -2.06. The summed E-state index contributed by atoms with van der Waals surface area (Å²) in [7, 11) is 0. The molecule has 0 saturated heterocycles. The molecule has 0 bridgehead atoms. The summed E-state index contributed by atoms with van der Waals surface area (Å²) in [6, 6.07) is 8.32. The predicted octanol–water partition coefficient (Wildman–Crippen LogP) is 2.40. The second kappa shape index (κ2) is 6.68. The fraction of sp³-hybridized carbons (Fsp3) is 0.455. The molecule has 0 aliphatic carbocycles. The molecule has 1 unspecified atom stereocenters. The van der Waals surface area contributed by atoms with Gasteiger partial charge in [-0.15, -0.1) is 12.4 Å². The van der Waals surface area contributed by atoms with Crippen LogP contribution in [0.15, 0.2) is 24.3 Å². The van der Waals surface area contributed by atoms with Gasteiger partial charge in [-0.2, -0.15) is 0 Å². The molecule has 0 radical (unpaired) electrons. The van der Waals surface area contributed by atoms with E-state index in [9.17, 15) is 0 Å². The first-order valence-electron chi connectivity index (χ1n) is 4.69. The monoisotopic (exact) mass is 215 g/mol. The summed E-state index contributed by atoms with van der Waals surface area (Å²) in [5.74, 6) is 0.927. The van der Waals surface area contributed by atoms with Gasteiger partial charge in [0.05, 0.1) is 6.61 Å². The standard InChI is InChI=1S/C11H17NO.ClH/c1-3-13-11-6-4-10(5-7-11)8-9(2)12;/h4-7,9H,3,8,12H2,1-2H3;1H. The van der Waals surface area contributed by atoms with Crippen LogP contribution in [0.3, 0.4) is 0 Å². The van der Waals surface area contributed by atoms with Crippen LogP contribution in [-0.2, 0) is 6.42 Å². The second-order valence-corrected chi connectivity index (χ2v) is 3.26. The molecular weight excluding hydrogens is 198 g/mol. The van der Waals surface area contributed by atoms with Crippen LogP contribution in [-0.4, -0.2) is 12.6 Å². The molecule has 0 aromatic heterocycles. The molecule has 2 nitrogen and oxygen atoms in total. The summed E-state index contributed by atoms with van der Waals surface area (Å²) in [5, 5.41) is 0. The maximum atomic E-state index is 5.69. The van der Waals surface area contributed by atoms with Crippen LogP contribution >= 0.6 is 12.4 Å². The van der Waals surface area contributed by atoms with Crippen LogP contribution in [0.25, 0.3) is 0 Å². The summed E-state index contributed by atoms with van der Waals surface area (Å²) < 4.78 is 5.33. The number of ether oxygens (including phenoxy) is 1. The zero-order valence-corrected chi connectivity index (χ0v) is 9.51. The van der Waals surface area contributed by atoms with Crippen LogP contribution in [0.5, 0.6) is 5.75 Å². The zero-order valence-electron chi connectivity index (χ0n) is 8.69. The summed E-state index contributed by atoms with van der Waals surface area (Å²) in [4.78, 5) is 0. The molecule has 2 N–H and O–H groups in total. The van der Waals surface area contributed by atoms with E-state index in [2.05, 4.69) is 12.1 Å². The highest BCUT2D eigenvalue weighted by Gasteiger charge is 1.97. The van der Waals surface area contributed by atoms with Crippen molar-refractivity contribution in [1.29, 1.82) is 0 Å². The lowest BCUT2D eigenvalue weighted by molar-refractivity contribution is 0.340. The van der Waals surface area contributed by atoms with E-state index in [0.29, 0.717) is 6.61 Å². The van der Waals surface area contributed by atoms with Gasteiger partial charge in [0.25, 0.3) is 0 Å². The van der Waals surface area contributed by atoms with E-state index in [1.165, 1.54) is 5.56 Å². The van der Waals surface area contributed by atoms with E-state index < -0.39 is 0 Å². The summed E-state index contributed by atoms with van der Waals surface area (Å²) in [6.07, 6.45) is 0.923. The lowest BCUT2D eigenvalue weighted by Crippen LogP contribution is -2.17. The van der Waals surface area contributed by atoms with Crippen molar-refractivity contribution in [2.45, 2.75) is 26.3 Å². The third-order valence-corrected chi connectivity index (χ3v) is 1.79. The van der Waals surface area contributed by atoms with Crippen LogP contribution in [0, 0.1) is 0 Å². The highest BCUT2D eigenvalue weighted by Crippen LogP contribution is 2.12. The van der Waals surface area contributed by atoms with E-state index in [4.69, 9.17) is 10.5 Å². The molecule has 14 heavy (non-hydrogen) atoms. The van der Waals surface area contributed by atoms with Crippen molar-refractivity contribution in [2.75, 3.05) is 6.61 Å². The van der Waals surface area contributed by atoms with Crippen molar-refractivity contribution in [2.24, 2.45) is 5.73 Å². The zero-order chi connectivity index (χ0) is 9.68. The molecule has 1 aromatic carbocycles. The Morgan fingerprint density at radius 1 is 1.29 bits per heavy atom. The van der Waals surface area contributed by atoms with E-state index in [-0.39, 0.29) is 18.4 Å². The number of hydrogen-bond donors (Lipinski definition) is 1. The number of hydrogen-bond acceptors (Lipinski definition) is 2. The van der Waals surface area contributed by atoms with Crippen LogP contribution in [0.2, 0.25) is 0 Å². The molecular formula is C11H18ClNO. The highest BCUT2D eigenvalue weighted by atomic mass is 35.5. The number of rotatable bonds is 4. The minimum atomic E-state index is 0. The summed E-state index contributed by atoms with van der Waals surface area (Å²) in [5.41, 5.74) is 6.95. The van der Waals surface area contributed by atoms with E-state index in [1.807, 2.05) is 26.0 Å².